The first-order chi connectivity index (χ1) is 14.8. The number of hydrogen-bond donors (Lipinski definition) is 1. The van der Waals surface area contributed by atoms with Crippen molar-refractivity contribution in [2.75, 3.05) is 5.75 Å². The molecule has 0 spiro atoms. The van der Waals surface area contributed by atoms with E-state index in [4.69, 9.17) is 23.2 Å². The molecule has 0 saturated heterocycles. The van der Waals surface area contributed by atoms with E-state index >= 15 is 0 Å². The predicted octanol–water partition coefficient (Wildman–Crippen LogP) is 5.95. The minimum atomic E-state index is -0.548. The van der Waals surface area contributed by atoms with Gasteiger partial charge in [0.2, 0.25) is 11.8 Å². The Morgan fingerprint density at radius 3 is 2.32 bits per heavy atom. The van der Waals surface area contributed by atoms with Gasteiger partial charge < -0.3 is 10.2 Å². The molecule has 2 atom stereocenters. The van der Waals surface area contributed by atoms with Crippen LogP contribution in [0.5, 0.6) is 0 Å². The third-order valence-corrected chi connectivity index (χ3v) is 6.79. The Balaban J connectivity index is 2.17. The first-order valence-corrected chi connectivity index (χ1v) is 12.4. The van der Waals surface area contributed by atoms with Gasteiger partial charge in [0, 0.05) is 18.3 Å². The van der Waals surface area contributed by atoms with Crippen LogP contribution in [0, 0.1) is 0 Å². The van der Waals surface area contributed by atoms with E-state index in [0.29, 0.717) is 28.8 Å². The molecule has 2 rings (SSSR count). The van der Waals surface area contributed by atoms with Crippen LogP contribution in [-0.2, 0) is 21.9 Å². The highest BCUT2D eigenvalue weighted by molar-refractivity contribution is 7.99. The first kappa shape index (κ1) is 25.6. The summed E-state index contributed by atoms with van der Waals surface area (Å²) < 4.78 is 0. The van der Waals surface area contributed by atoms with Crippen molar-refractivity contribution in [3.8, 4) is 0 Å². The van der Waals surface area contributed by atoms with Crippen molar-refractivity contribution >= 4 is 46.8 Å². The summed E-state index contributed by atoms with van der Waals surface area (Å²) in [5.41, 5.74) is 2.00. The molecule has 0 saturated carbocycles. The van der Waals surface area contributed by atoms with Gasteiger partial charge in [-0.2, -0.15) is 0 Å². The zero-order chi connectivity index (χ0) is 22.8. The van der Waals surface area contributed by atoms with Crippen molar-refractivity contribution in [1.29, 1.82) is 0 Å². The van der Waals surface area contributed by atoms with Crippen LogP contribution < -0.4 is 5.32 Å². The molecule has 7 heteroatoms. The molecule has 0 aliphatic heterocycles. The zero-order valence-electron chi connectivity index (χ0n) is 18.2. The van der Waals surface area contributed by atoms with Crippen molar-refractivity contribution in [2.45, 2.75) is 58.0 Å². The number of rotatable bonds is 11. The zero-order valence-corrected chi connectivity index (χ0v) is 20.6. The second kappa shape index (κ2) is 13.0. The largest absolute Gasteiger partial charge is 0.352 e. The van der Waals surface area contributed by atoms with Gasteiger partial charge in [0.1, 0.15) is 6.04 Å². The molecular formula is C24H30Cl2N2O2S. The van der Waals surface area contributed by atoms with Crippen LogP contribution >= 0.6 is 35.0 Å². The van der Waals surface area contributed by atoms with Crippen LogP contribution in [0.15, 0.2) is 48.5 Å². The Labute approximate surface area is 199 Å². The molecule has 0 fully saturated rings. The van der Waals surface area contributed by atoms with Gasteiger partial charge in [0.05, 0.1) is 15.8 Å². The van der Waals surface area contributed by atoms with Crippen LogP contribution in [0.25, 0.3) is 0 Å². The quantitative estimate of drug-likeness (QED) is 0.432. The number of amides is 2. The molecule has 0 heterocycles. The Morgan fingerprint density at radius 2 is 1.71 bits per heavy atom. The van der Waals surface area contributed by atoms with Crippen molar-refractivity contribution < 1.29 is 9.59 Å². The van der Waals surface area contributed by atoms with Gasteiger partial charge in [-0.25, -0.2) is 0 Å². The summed E-state index contributed by atoms with van der Waals surface area (Å²) in [4.78, 5) is 27.8. The highest BCUT2D eigenvalue weighted by atomic mass is 35.5. The Kier molecular flexibility index (Phi) is 10.7. The van der Waals surface area contributed by atoms with E-state index in [-0.39, 0.29) is 17.9 Å². The first-order valence-electron chi connectivity index (χ1n) is 10.5. The second-order valence-electron chi connectivity index (χ2n) is 7.49. The highest BCUT2D eigenvalue weighted by Crippen LogP contribution is 2.24. The van der Waals surface area contributed by atoms with E-state index in [0.717, 1.165) is 23.3 Å². The van der Waals surface area contributed by atoms with Crippen molar-refractivity contribution in [3.05, 3.63) is 69.7 Å². The number of hydrogen-bond acceptors (Lipinski definition) is 3. The van der Waals surface area contributed by atoms with Crippen LogP contribution in [0.4, 0.5) is 0 Å². The summed E-state index contributed by atoms with van der Waals surface area (Å²) in [6.07, 6.45) is 1.36. The molecule has 2 amide bonds. The Hall–Kier alpha value is -1.69. The molecule has 31 heavy (non-hydrogen) atoms. The van der Waals surface area contributed by atoms with Gasteiger partial charge in [-0.05, 0) is 43.0 Å². The summed E-state index contributed by atoms with van der Waals surface area (Å²) in [6.45, 7) is 6.21. The lowest BCUT2D eigenvalue weighted by atomic mass is 10.1. The summed E-state index contributed by atoms with van der Waals surface area (Å²) in [6, 6.07) is 14.8. The van der Waals surface area contributed by atoms with E-state index in [1.54, 1.807) is 28.8 Å². The fourth-order valence-corrected chi connectivity index (χ4v) is 4.30. The predicted molar refractivity (Wildman–Crippen MR) is 132 cm³/mol. The lowest BCUT2D eigenvalue weighted by molar-refractivity contribution is -0.139. The van der Waals surface area contributed by atoms with Crippen molar-refractivity contribution in [2.24, 2.45) is 0 Å². The van der Waals surface area contributed by atoms with Gasteiger partial charge in [-0.1, -0.05) is 73.4 Å². The maximum atomic E-state index is 13.2. The SMILES string of the molecule is CC[C@H](C)NC(=O)[C@H](CC)N(Cc1ccc(Cl)c(Cl)c1)C(=O)CSCc1ccccc1. The number of benzene rings is 2. The fourth-order valence-electron chi connectivity index (χ4n) is 3.11. The summed E-state index contributed by atoms with van der Waals surface area (Å²) in [5, 5.41) is 3.91. The number of halogens is 2. The van der Waals surface area contributed by atoms with E-state index < -0.39 is 6.04 Å². The lowest BCUT2D eigenvalue weighted by Crippen LogP contribution is -2.51. The molecular weight excluding hydrogens is 451 g/mol. The smallest absolute Gasteiger partial charge is 0.243 e. The lowest BCUT2D eigenvalue weighted by Gasteiger charge is -2.31. The van der Waals surface area contributed by atoms with E-state index in [1.807, 2.05) is 57.2 Å². The number of nitrogens with zero attached hydrogens (tertiary/aromatic N) is 1. The van der Waals surface area contributed by atoms with Gasteiger partial charge in [0.25, 0.3) is 0 Å². The van der Waals surface area contributed by atoms with Gasteiger partial charge >= 0.3 is 0 Å². The molecule has 0 aliphatic rings. The van der Waals surface area contributed by atoms with E-state index in [9.17, 15) is 9.59 Å². The molecule has 4 nitrogen and oxygen atoms in total. The van der Waals surface area contributed by atoms with Gasteiger partial charge in [-0.3, -0.25) is 9.59 Å². The second-order valence-corrected chi connectivity index (χ2v) is 9.29. The highest BCUT2D eigenvalue weighted by Gasteiger charge is 2.29. The van der Waals surface area contributed by atoms with Crippen molar-refractivity contribution in [1.82, 2.24) is 10.2 Å². The Morgan fingerprint density at radius 1 is 1.00 bits per heavy atom. The molecule has 0 bridgehead atoms. The molecule has 0 aliphatic carbocycles. The summed E-state index contributed by atoms with van der Waals surface area (Å²) in [5.74, 6) is 0.836. The van der Waals surface area contributed by atoms with Crippen molar-refractivity contribution in [3.63, 3.8) is 0 Å². The molecule has 2 aromatic rings. The van der Waals surface area contributed by atoms with Crippen LogP contribution in [0.2, 0.25) is 10.0 Å². The molecule has 1 N–H and O–H groups in total. The molecule has 2 aromatic carbocycles. The minimum absolute atomic E-state index is 0.0518. The number of nitrogens with one attached hydrogen (secondary N) is 1. The third-order valence-electron chi connectivity index (χ3n) is 5.06. The number of thioether (sulfide) groups is 1. The number of carbonyl (C=O) groups is 2. The number of carbonyl (C=O) groups excluding carboxylic acids is 2. The maximum Gasteiger partial charge on any atom is 0.243 e. The molecule has 168 valence electrons. The third kappa shape index (κ3) is 8.06. The standard InChI is InChI=1S/C24H30Cl2N2O2S/c1-4-17(3)27-24(30)22(5-2)28(14-19-11-12-20(25)21(26)13-19)23(29)16-31-15-18-9-7-6-8-10-18/h6-13,17,22H,4-5,14-16H2,1-3H3,(H,27,30)/t17-,22-/m0/s1. The normalized spacial score (nSPS) is 12.8. The Bertz CT molecular complexity index is 864. The topological polar surface area (TPSA) is 49.4 Å². The molecule has 0 radical (unpaired) electrons. The average Bonchev–Trinajstić information content (AvgIpc) is 2.76. The maximum absolute atomic E-state index is 13.2. The average molecular weight is 481 g/mol. The van der Waals surface area contributed by atoms with Crippen LogP contribution in [0.3, 0.4) is 0 Å². The minimum Gasteiger partial charge on any atom is -0.352 e. The molecule has 0 unspecified atom stereocenters. The fraction of sp³-hybridized carbons (Fsp3) is 0.417. The van der Waals surface area contributed by atoms with Gasteiger partial charge in [0.15, 0.2) is 0 Å². The molecule has 0 aromatic heterocycles. The van der Waals surface area contributed by atoms with E-state index in [1.165, 1.54) is 0 Å². The summed E-state index contributed by atoms with van der Waals surface area (Å²) in [7, 11) is 0. The van der Waals surface area contributed by atoms with Crippen LogP contribution in [0.1, 0.15) is 44.7 Å². The monoisotopic (exact) mass is 480 g/mol. The van der Waals surface area contributed by atoms with Crippen LogP contribution in [-0.4, -0.2) is 34.6 Å². The van der Waals surface area contributed by atoms with Gasteiger partial charge in [-0.15, -0.1) is 11.8 Å². The van der Waals surface area contributed by atoms with E-state index in [2.05, 4.69) is 5.32 Å². The summed E-state index contributed by atoms with van der Waals surface area (Å²) >= 11 is 13.8.